The highest BCUT2D eigenvalue weighted by Gasteiger charge is 2.32. The summed E-state index contributed by atoms with van der Waals surface area (Å²) >= 11 is 0. The molecule has 1 aromatic rings. The first-order valence-electron chi connectivity index (χ1n) is 4.71. The van der Waals surface area contributed by atoms with Crippen LogP contribution in [0.15, 0.2) is 41.2 Å². The lowest BCUT2D eigenvalue weighted by atomic mass is 10.3. The second kappa shape index (κ2) is 4.06. The molecule has 2 rings (SSSR count). The summed E-state index contributed by atoms with van der Waals surface area (Å²) < 4.78 is 5.06. The van der Waals surface area contributed by atoms with Crippen LogP contribution in [0.2, 0.25) is 0 Å². The number of nitrogens with zero attached hydrogens (tertiary/aromatic N) is 1. The van der Waals surface area contributed by atoms with Crippen LogP contribution in [0, 0.1) is 0 Å². The number of rotatable bonds is 3. The van der Waals surface area contributed by atoms with Gasteiger partial charge < -0.3 is 9.73 Å². The Labute approximate surface area is 92.0 Å². The van der Waals surface area contributed by atoms with Crippen LogP contribution in [-0.2, 0) is 4.79 Å². The minimum atomic E-state index is -0.442. The van der Waals surface area contributed by atoms with Crippen molar-refractivity contribution in [3.05, 3.63) is 42.5 Å². The van der Waals surface area contributed by atoms with Crippen molar-refractivity contribution in [3.63, 3.8) is 0 Å². The number of hydrogen-bond donors (Lipinski definition) is 1. The first kappa shape index (κ1) is 10.2. The fourth-order valence-electron chi connectivity index (χ4n) is 1.38. The fraction of sp³-hybridized carbons (Fsp3) is 0.0909. The lowest BCUT2D eigenvalue weighted by Gasteiger charge is -2.06. The molecule has 0 atom stereocenters. The van der Waals surface area contributed by atoms with Crippen LogP contribution in [0.25, 0.3) is 6.08 Å². The maximum absolute atomic E-state index is 11.7. The first-order chi connectivity index (χ1) is 7.72. The molecule has 2 heterocycles. The second-order valence-corrected chi connectivity index (χ2v) is 3.21. The van der Waals surface area contributed by atoms with Crippen molar-refractivity contribution in [1.82, 2.24) is 10.2 Å². The van der Waals surface area contributed by atoms with Gasteiger partial charge in [0.15, 0.2) is 0 Å². The van der Waals surface area contributed by atoms with E-state index < -0.39 is 6.03 Å². The molecule has 1 N–H and O–H groups in total. The number of amides is 3. The number of nitrogens with one attached hydrogen (secondary N) is 1. The van der Waals surface area contributed by atoms with E-state index in [2.05, 4.69) is 11.9 Å². The lowest BCUT2D eigenvalue weighted by molar-refractivity contribution is -0.122. The molecule has 5 nitrogen and oxygen atoms in total. The molecule has 0 aliphatic carbocycles. The molecule has 1 aromatic heterocycles. The number of hydrogen-bond acceptors (Lipinski definition) is 3. The third-order valence-corrected chi connectivity index (χ3v) is 2.10. The Morgan fingerprint density at radius 3 is 2.94 bits per heavy atom. The van der Waals surface area contributed by atoms with Gasteiger partial charge in [0.2, 0.25) is 0 Å². The molecule has 16 heavy (non-hydrogen) atoms. The Kier molecular flexibility index (Phi) is 2.59. The quantitative estimate of drug-likeness (QED) is 0.473. The van der Waals surface area contributed by atoms with Crippen molar-refractivity contribution in [1.29, 1.82) is 0 Å². The Morgan fingerprint density at radius 2 is 2.31 bits per heavy atom. The number of furan rings is 1. The summed E-state index contributed by atoms with van der Waals surface area (Å²) in [5.74, 6) is 0.144. The van der Waals surface area contributed by atoms with Crippen molar-refractivity contribution < 1.29 is 14.0 Å². The summed E-state index contributed by atoms with van der Waals surface area (Å²) in [6, 6.07) is 2.96. The van der Waals surface area contributed by atoms with Gasteiger partial charge in [-0.1, -0.05) is 6.08 Å². The van der Waals surface area contributed by atoms with Gasteiger partial charge in [-0.05, 0) is 12.1 Å². The molecule has 3 amide bonds. The highest BCUT2D eigenvalue weighted by molar-refractivity contribution is 6.13. The van der Waals surface area contributed by atoms with Crippen LogP contribution in [0.5, 0.6) is 0 Å². The van der Waals surface area contributed by atoms with Gasteiger partial charge in [0, 0.05) is 12.6 Å². The van der Waals surface area contributed by atoms with Gasteiger partial charge in [-0.25, -0.2) is 4.79 Å². The SMILES string of the molecule is C=CCN1C(=O)N/C(=C/c2ccco2)C1=O. The Bertz CT molecular complexity index is 460. The van der Waals surface area contributed by atoms with Gasteiger partial charge in [0.1, 0.15) is 11.5 Å². The number of imide groups is 1. The standard InChI is InChI=1S/C11H10N2O3/c1-2-5-13-10(14)9(12-11(13)15)7-8-4-3-6-16-8/h2-4,6-7H,1,5H2,(H,12,15)/b9-7+. The van der Waals surface area contributed by atoms with E-state index in [4.69, 9.17) is 4.42 Å². The van der Waals surface area contributed by atoms with Crippen LogP contribution < -0.4 is 5.32 Å². The maximum Gasteiger partial charge on any atom is 0.329 e. The largest absolute Gasteiger partial charge is 0.465 e. The first-order valence-corrected chi connectivity index (χ1v) is 4.71. The molecule has 1 aliphatic heterocycles. The molecule has 5 heteroatoms. The fourth-order valence-corrected chi connectivity index (χ4v) is 1.38. The second-order valence-electron chi connectivity index (χ2n) is 3.21. The van der Waals surface area contributed by atoms with E-state index in [1.807, 2.05) is 0 Å². The third-order valence-electron chi connectivity index (χ3n) is 2.10. The summed E-state index contributed by atoms with van der Waals surface area (Å²) in [7, 11) is 0. The molecule has 1 aliphatic rings. The third kappa shape index (κ3) is 1.75. The highest BCUT2D eigenvalue weighted by atomic mass is 16.3. The molecule has 1 saturated heterocycles. The number of carbonyl (C=O) groups excluding carboxylic acids is 2. The summed E-state index contributed by atoms with van der Waals surface area (Å²) in [5, 5.41) is 2.47. The van der Waals surface area contributed by atoms with E-state index in [9.17, 15) is 9.59 Å². The van der Waals surface area contributed by atoms with Crippen molar-refractivity contribution in [2.24, 2.45) is 0 Å². The van der Waals surface area contributed by atoms with Gasteiger partial charge in [-0.15, -0.1) is 6.58 Å². The molecule has 0 aromatic carbocycles. The summed E-state index contributed by atoms with van der Waals surface area (Å²) in [6.45, 7) is 3.68. The predicted molar refractivity (Wildman–Crippen MR) is 57.1 cm³/mol. The zero-order valence-electron chi connectivity index (χ0n) is 8.47. The topological polar surface area (TPSA) is 62.6 Å². The smallest absolute Gasteiger partial charge is 0.329 e. The molecule has 1 fully saturated rings. The van der Waals surface area contributed by atoms with E-state index in [-0.39, 0.29) is 18.1 Å². The van der Waals surface area contributed by atoms with Gasteiger partial charge >= 0.3 is 6.03 Å². The Morgan fingerprint density at radius 1 is 1.50 bits per heavy atom. The van der Waals surface area contributed by atoms with Crippen molar-refractivity contribution in [3.8, 4) is 0 Å². The monoisotopic (exact) mass is 218 g/mol. The molecular weight excluding hydrogens is 208 g/mol. The zero-order chi connectivity index (χ0) is 11.5. The van der Waals surface area contributed by atoms with Crippen LogP contribution in [-0.4, -0.2) is 23.4 Å². The molecule has 0 bridgehead atoms. The van der Waals surface area contributed by atoms with Crippen molar-refractivity contribution in [2.75, 3.05) is 6.54 Å². The number of carbonyl (C=O) groups is 2. The van der Waals surface area contributed by atoms with E-state index in [0.29, 0.717) is 5.76 Å². The normalized spacial score (nSPS) is 18.0. The highest BCUT2D eigenvalue weighted by Crippen LogP contribution is 2.13. The van der Waals surface area contributed by atoms with E-state index in [1.165, 1.54) is 18.4 Å². The van der Waals surface area contributed by atoms with Gasteiger partial charge in [-0.3, -0.25) is 9.69 Å². The minimum Gasteiger partial charge on any atom is -0.465 e. The zero-order valence-corrected chi connectivity index (χ0v) is 8.47. The van der Waals surface area contributed by atoms with E-state index >= 15 is 0 Å². The van der Waals surface area contributed by atoms with Crippen LogP contribution >= 0.6 is 0 Å². The van der Waals surface area contributed by atoms with Gasteiger partial charge in [0.25, 0.3) is 5.91 Å². The maximum atomic E-state index is 11.7. The van der Waals surface area contributed by atoms with Crippen LogP contribution in [0.3, 0.4) is 0 Å². The Balaban J connectivity index is 2.23. The minimum absolute atomic E-state index is 0.195. The summed E-state index contributed by atoms with van der Waals surface area (Å²) in [4.78, 5) is 24.2. The van der Waals surface area contributed by atoms with Crippen molar-refractivity contribution in [2.45, 2.75) is 0 Å². The molecular formula is C11H10N2O3. The van der Waals surface area contributed by atoms with Crippen LogP contribution in [0.4, 0.5) is 4.79 Å². The van der Waals surface area contributed by atoms with E-state index in [0.717, 1.165) is 4.90 Å². The average Bonchev–Trinajstić information content (AvgIpc) is 2.84. The summed E-state index contributed by atoms with van der Waals surface area (Å²) in [5.41, 5.74) is 0.210. The Hall–Kier alpha value is -2.30. The van der Waals surface area contributed by atoms with E-state index in [1.54, 1.807) is 12.1 Å². The molecule has 0 saturated carbocycles. The molecule has 82 valence electrons. The van der Waals surface area contributed by atoms with Gasteiger partial charge in [0.05, 0.1) is 6.26 Å². The lowest BCUT2D eigenvalue weighted by Crippen LogP contribution is -2.30. The predicted octanol–water partition coefficient (Wildman–Crippen LogP) is 1.36. The van der Waals surface area contributed by atoms with Gasteiger partial charge in [-0.2, -0.15) is 0 Å². The number of urea groups is 1. The molecule has 0 radical (unpaired) electrons. The van der Waals surface area contributed by atoms with Crippen LogP contribution in [0.1, 0.15) is 5.76 Å². The molecule has 0 spiro atoms. The van der Waals surface area contributed by atoms with Crippen molar-refractivity contribution >= 4 is 18.0 Å². The average molecular weight is 218 g/mol. The molecule has 0 unspecified atom stereocenters. The summed E-state index contributed by atoms with van der Waals surface area (Å²) in [6.07, 6.45) is 4.48.